The van der Waals surface area contributed by atoms with E-state index in [1.165, 1.54) is 77.4 Å². The van der Waals surface area contributed by atoms with Crippen LogP contribution in [0.2, 0.25) is 0 Å². The minimum atomic E-state index is 0. The minimum Gasteiger partial charge on any atom is -0.355 e. The SMILES string of the molecule is CCc1nncn1CCNC(=NCCCN1CCCCCC1)NC1CCCCC1.I. The Morgan fingerprint density at radius 1 is 1.07 bits per heavy atom. The fourth-order valence-electron chi connectivity index (χ4n) is 4.47. The summed E-state index contributed by atoms with van der Waals surface area (Å²) >= 11 is 0. The van der Waals surface area contributed by atoms with Crippen LogP contribution < -0.4 is 10.6 Å². The Hall–Kier alpha value is -0.900. The van der Waals surface area contributed by atoms with Gasteiger partial charge in [0.25, 0.3) is 0 Å². The van der Waals surface area contributed by atoms with Gasteiger partial charge in [0.15, 0.2) is 5.96 Å². The Bertz CT molecular complexity index is 590. The quantitative estimate of drug-likeness (QED) is 0.221. The highest BCUT2D eigenvalue weighted by Crippen LogP contribution is 2.17. The maximum Gasteiger partial charge on any atom is 0.191 e. The van der Waals surface area contributed by atoms with E-state index in [1.807, 2.05) is 6.33 Å². The fraction of sp³-hybridized carbons (Fsp3) is 0.864. The number of aliphatic imine (C=N–C) groups is 1. The van der Waals surface area contributed by atoms with E-state index in [0.717, 1.165) is 44.3 Å². The standard InChI is InChI=1S/C22H41N7.HI/c1-2-21-27-25-19-29(21)18-14-24-22(26-20-11-6-5-7-12-20)23-13-10-17-28-15-8-3-4-9-16-28;/h19-20H,2-18H2,1H3,(H2,23,24,26);1H. The predicted molar refractivity (Wildman–Crippen MR) is 135 cm³/mol. The summed E-state index contributed by atoms with van der Waals surface area (Å²) in [5.74, 6) is 2.03. The second kappa shape index (κ2) is 15.0. The van der Waals surface area contributed by atoms with Crippen molar-refractivity contribution in [3.05, 3.63) is 12.2 Å². The van der Waals surface area contributed by atoms with Crippen molar-refractivity contribution in [3.8, 4) is 0 Å². The van der Waals surface area contributed by atoms with Gasteiger partial charge in [-0.15, -0.1) is 34.2 Å². The molecule has 1 saturated heterocycles. The Morgan fingerprint density at radius 3 is 2.53 bits per heavy atom. The average Bonchev–Trinajstić information content (AvgIpc) is 3.04. The Kier molecular flexibility index (Phi) is 12.7. The molecular formula is C22H42IN7. The van der Waals surface area contributed by atoms with Crippen molar-refractivity contribution in [1.82, 2.24) is 30.3 Å². The maximum atomic E-state index is 4.91. The van der Waals surface area contributed by atoms with Crippen molar-refractivity contribution in [3.63, 3.8) is 0 Å². The van der Waals surface area contributed by atoms with Crippen LogP contribution in [-0.4, -0.2) is 64.4 Å². The second-order valence-electron chi connectivity index (χ2n) is 8.54. The first-order valence-electron chi connectivity index (χ1n) is 12.0. The number of guanidine groups is 1. The van der Waals surface area contributed by atoms with Crippen molar-refractivity contribution in [1.29, 1.82) is 0 Å². The molecule has 0 radical (unpaired) electrons. The summed E-state index contributed by atoms with van der Waals surface area (Å²) < 4.78 is 2.13. The molecule has 1 aliphatic carbocycles. The highest BCUT2D eigenvalue weighted by atomic mass is 127. The monoisotopic (exact) mass is 531 g/mol. The molecule has 1 aromatic rings. The van der Waals surface area contributed by atoms with E-state index in [-0.39, 0.29) is 24.0 Å². The van der Waals surface area contributed by atoms with Crippen LogP contribution in [0.25, 0.3) is 0 Å². The smallest absolute Gasteiger partial charge is 0.191 e. The summed E-state index contributed by atoms with van der Waals surface area (Å²) in [4.78, 5) is 7.54. The Labute approximate surface area is 199 Å². The zero-order valence-corrected chi connectivity index (χ0v) is 21.2. The molecule has 2 N–H and O–H groups in total. The van der Waals surface area contributed by atoms with Gasteiger partial charge in [-0.05, 0) is 51.7 Å². The molecule has 2 heterocycles. The molecule has 0 spiro atoms. The molecule has 8 heteroatoms. The third-order valence-electron chi connectivity index (χ3n) is 6.20. The molecule has 7 nitrogen and oxygen atoms in total. The predicted octanol–water partition coefficient (Wildman–Crippen LogP) is 3.59. The van der Waals surface area contributed by atoms with Crippen LogP contribution in [-0.2, 0) is 13.0 Å². The largest absolute Gasteiger partial charge is 0.355 e. The lowest BCUT2D eigenvalue weighted by Gasteiger charge is -2.25. The van der Waals surface area contributed by atoms with E-state index >= 15 is 0 Å². The van der Waals surface area contributed by atoms with Gasteiger partial charge in [-0.25, -0.2) is 0 Å². The van der Waals surface area contributed by atoms with Gasteiger partial charge in [0.1, 0.15) is 12.2 Å². The van der Waals surface area contributed by atoms with Gasteiger partial charge in [0, 0.05) is 32.1 Å². The number of rotatable bonds is 9. The molecule has 30 heavy (non-hydrogen) atoms. The number of hydrogen-bond acceptors (Lipinski definition) is 4. The first-order chi connectivity index (χ1) is 14.3. The molecule has 3 rings (SSSR count). The van der Waals surface area contributed by atoms with Crippen LogP contribution in [0, 0.1) is 0 Å². The summed E-state index contributed by atoms with van der Waals surface area (Å²) in [5, 5.41) is 15.5. The van der Waals surface area contributed by atoms with Crippen molar-refractivity contribution < 1.29 is 0 Å². The lowest BCUT2D eigenvalue weighted by molar-refractivity contribution is 0.283. The van der Waals surface area contributed by atoms with Crippen LogP contribution >= 0.6 is 24.0 Å². The second-order valence-corrected chi connectivity index (χ2v) is 8.54. The summed E-state index contributed by atoms with van der Waals surface area (Å²) in [7, 11) is 0. The number of nitrogens with zero attached hydrogens (tertiary/aromatic N) is 5. The maximum absolute atomic E-state index is 4.91. The number of aryl methyl sites for hydroxylation is 1. The minimum absolute atomic E-state index is 0. The Morgan fingerprint density at radius 2 is 1.80 bits per heavy atom. The molecule has 2 aliphatic rings. The van der Waals surface area contributed by atoms with E-state index < -0.39 is 0 Å². The van der Waals surface area contributed by atoms with Crippen molar-refractivity contribution in [2.45, 2.75) is 90.1 Å². The number of aromatic nitrogens is 3. The van der Waals surface area contributed by atoms with E-state index in [2.05, 4.69) is 37.2 Å². The molecule has 0 bridgehead atoms. The van der Waals surface area contributed by atoms with Crippen LogP contribution in [0.1, 0.15) is 77.0 Å². The van der Waals surface area contributed by atoms with Gasteiger partial charge >= 0.3 is 0 Å². The van der Waals surface area contributed by atoms with Crippen LogP contribution in [0.3, 0.4) is 0 Å². The topological polar surface area (TPSA) is 70.4 Å². The highest BCUT2D eigenvalue weighted by Gasteiger charge is 2.15. The van der Waals surface area contributed by atoms with Crippen molar-refractivity contribution >= 4 is 29.9 Å². The van der Waals surface area contributed by atoms with Crippen molar-refractivity contribution in [2.24, 2.45) is 4.99 Å². The van der Waals surface area contributed by atoms with Gasteiger partial charge in [0.05, 0.1) is 0 Å². The number of nitrogens with one attached hydrogen (secondary N) is 2. The van der Waals surface area contributed by atoms with E-state index in [9.17, 15) is 0 Å². The lowest BCUT2D eigenvalue weighted by Crippen LogP contribution is -2.45. The zero-order valence-electron chi connectivity index (χ0n) is 18.8. The molecule has 0 amide bonds. The molecule has 172 valence electrons. The molecule has 0 atom stereocenters. The lowest BCUT2D eigenvalue weighted by atomic mass is 9.96. The van der Waals surface area contributed by atoms with Crippen LogP contribution in [0.4, 0.5) is 0 Å². The Balaban J connectivity index is 0.00000320. The van der Waals surface area contributed by atoms with E-state index in [1.54, 1.807) is 0 Å². The summed E-state index contributed by atoms with van der Waals surface area (Å²) in [6.07, 6.45) is 16.0. The van der Waals surface area contributed by atoms with Gasteiger partial charge in [-0.1, -0.05) is 39.0 Å². The number of hydrogen-bond donors (Lipinski definition) is 2. The van der Waals surface area contributed by atoms with Crippen molar-refractivity contribution in [2.75, 3.05) is 32.7 Å². The first kappa shape index (κ1) is 25.4. The summed E-state index contributed by atoms with van der Waals surface area (Å²) in [6, 6.07) is 0.571. The van der Waals surface area contributed by atoms with Gasteiger partial charge in [-0.2, -0.15) is 0 Å². The molecule has 0 unspecified atom stereocenters. The third kappa shape index (κ3) is 9.08. The third-order valence-corrected chi connectivity index (χ3v) is 6.20. The highest BCUT2D eigenvalue weighted by molar-refractivity contribution is 14.0. The molecular weight excluding hydrogens is 489 g/mol. The molecule has 1 aromatic heterocycles. The van der Waals surface area contributed by atoms with Gasteiger partial charge < -0.3 is 20.1 Å². The normalized spacial score (nSPS) is 19.2. The molecule has 1 saturated carbocycles. The van der Waals surface area contributed by atoms with Crippen LogP contribution in [0.15, 0.2) is 11.3 Å². The number of likely N-dealkylation sites (tertiary alicyclic amines) is 1. The van der Waals surface area contributed by atoms with E-state index in [4.69, 9.17) is 4.99 Å². The fourth-order valence-corrected chi connectivity index (χ4v) is 4.47. The number of halogens is 1. The summed E-state index contributed by atoms with van der Waals surface area (Å²) in [6.45, 7) is 8.45. The van der Waals surface area contributed by atoms with Gasteiger partial charge in [-0.3, -0.25) is 4.99 Å². The average molecular weight is 532 g/mol. The zero-order chi connectivity index (χ0) is 20.2. The first-order valence-corrected chi connectivity index (χ1v) is 12.0. The van der Waals surface area contributed by atoms with E-state index in [0.29, 0.717) is 6.04 Å². The summed E-state index contributed by atoms with van der Waals surface area (Å²) in [5.41, 5.74) is 0. The molecule has 1 aliphatic heterocycles. The van der Waals surface area contributed by atoms with Gasteiger partial charge in [0.2, 0.25) is 0 Å². The molecule has 2 fully saturated rings. The van der Waals surface area contributed by atoms with Crippen LogP contribution in [0.5, 0.6) is 0 Å². The molecule has 0 aromatic carbocycles.